The predicted molar refractivity (Wildman–Crippen MR) is 116 cm³/mol. The highest BCUT2D eigenvalue weighted by Gasteiger charge is 2.26. The van der Waals surface area contributed by atoms with E-state index >= 15 is 0 Å². The lowest BCUT2D eigenvalue weighted by molar-refractivity contribution is 0.0711. The predicted octanol–water partition coefficient (Wildman–Crippen LogP) is 2.99. The SMILES string of the molecule is Cc1nccc(C2CCN(C(=O)c3cnc4c(c3)ncn4Cc3ccccn3)CC2)n1. The summed E-state index contributed by atoms with van der Waals surface area (Å²) in [5.74, 6) is 1.16. The molecule has 0 aliphatic carbocycles. The molecule has 5 heterocycles. The molecule has 0 spiro atoms. The third kappa shape index (κ3) is 4.01. The molecule has 0 atom stereocenters. The monoisotopic (exact) mass is 413 g/mol. The maximum atomic E-state index is 13.1. The molecule has 0 radical (unpaired) electrons. The summed E-state index contributed by atoms with van der Waals surface area (Å²) in [6.45, 7) is 3.91. The van der Waals surface area contributed by atoms with Crippen LogP contribution in [-0.2, 0) is 6.54 Å². The van der Waals surface area contributed by atoms with Crippen molar-refractivity contribution in [2.75, 3.05) is 13.1 Å². The lowest BCUT2D eigenvalue weighted by Crippen LogP contribution is -2.38. The van der Waals surface area contributed by atoms with Crippen molar-refractivity contribution in [3.63, 3.8) is 0 Å². The van der Waals surface area contributed by atoms with Crippen LogP contribution < -0.4 is 0 Å². The van der Waals surface area contributed by atoms with Crippen molar-refractivity contribution in [3.05, 3.63) is 78.0 Å². The van der Waals surface area contributed by atoms with Gasteiger partial charge in [-0.1, -0.05) is 6.07 Å². The Morgan fingerprint density at radius 1 is 1.06 bits per heavy atom. The Kier molecular flexibility index (Phi) is 5.11. The molecule has 1 saturated heterocycles. The summed E-state index contributed by atoms with van der Waals surface area (Å²) in [6, 6.07) is 9.63. The van der Waals surface area contributed by atoms with Crippen LogP contribution in [-0.4, -0.2) is 53.4 Å². The number of likely N-dealkylation sites (tertiary alicyclic amines) is 1. The van der Waals surface area contributed by atoms with E-state index in [-0.39, 0.29) is 5.91 Å². The number of carbonyl (C=O) groups is 1. The summed E-state index contributed by atoms with van der Waals surface area (Å²) in [5, 5.41) is 0. The molecule has 1 aliphatic rings. The Morgan fingerprint density at radius 3 is 2.71 bits per heavy atom. The number of hydrogen-bond donors (Lipinski definition) is 0. The van der Waals surface area contributed by atoms with Crippen LogP contribution in [0.25, 0.3) is 11.2 Å². The topological polar surface area (TPSA) is 89.7 Å². The molecule has 8 nitrogen and oxygen atoms in total. The molecule has 8 heteroatoms. The average molecular weight is 413 g/mol. The van der Waals surface area contributed by atoms with E-state index in [1.807, 2.05) is 52.9 Å². The van der Waals surface area contributed by atoms with Gasteiger partial charge < -0.3 is 9.47 Å². The van der Waals surface area contributed by atoms with Crippen LogP contribution in [0.3, 0.4) is 0 Å². The lowest BCUT2D eigenvalue weighted by atomic mass is 9.93. The molecule has 1 amide bonds. The summed E-state index contributed by atoms with van der Waals surface area (Å²) < 4.78 is 1.95. The zero-order valence-electron chi connectivity index (χ0n) is 17.3. The van der Waals surface area contributed by atoms with Crippen molar-refractivity contribution >= 4 is 17.1 Å². The zero-order valence-corrected chi connectivity index (χ0v) is 17.3. The van der Waals surface area contributed by atoms with E-state index in [0.29, 0.717) is 36.6 Å². The van der Waals surface area contributed by atoms with Gasteiger partial charge in [-0.2, -0.15) is 0 Å². The maximum Gasteiger partial charge on any atom is 0.255 e. The number of nitrogens with zero attached hydrogens (tertiary/aromatic N) is 7. The van der Waals surface area contributed by atoms with Gasteiger partial charge in [-0.15, -0.1) is 0 Å². The Morgan fingerprint density at radius 2 is 1.94 bits per heavy atom. The fraction of sp³-hybridized carbons (Fsp3) is 0.304. The lowest BCUT2D eigenvalue weighted by Gasteiger charge is -2.31. The first-order valence-corrected chi connectivity index (χ1v) is 10.5. The number of fused-ring (bicyclic) bond motifs is 1. The van der Waals surface area contributed by atoms with Gasteiger partial charge in [-0.3, -0.25) is 9.78 Å². The number of rotatable bonds is 4. The van der Waals surface area contributed by atoms with Gasteiger partial charge in [0.1, 0.15) is 11.3 Å². The third-order valence-electron chi connectivity index (χ3n) is 5.76. The number of aryl methyl sites for hydroxylation is 1. The average Bonchev–Trinajstić information content (AvgIpc) is 3.21. The summed E-state index contributed by atoms with van der Waals surface area (Å²) in [6.07, 6.45) is 8.78. The van der Waals surface area contributed by atoms with Crippen molar-refractivity contribution in [1.29, 1.82) is 0 Å². The second kappa shape index (κ2) is 8.22. The molecule has 4 aromatic heterocycles. The fourth-order valence-electron chi connectivity index (χ4n) is 4.11. The van der Waals surface area contributed by atoms with Crippen molar-refractivity contribution in [1.82, 2.24) is 34.4 Å². The largest absolute Gasteiger partial charge is 0.339 e. The van der Waals surface area contributed by atoms with Crippen LogP contribution in [0.5, 0.6) is 0 Å². The highest BCUT2D eigenvalue weighted by molar-refractivity contribution is 5.96. The standard InChI is InChI=1S/C23H23N7O/c1-16-24-9-5-20(28-16)17-6-10-29(11-7-17)23(31)18-12-21-22(26-13-18)30(15-27-21)14-19-4-2-3-8-25-19/h2-5,8-9,12-13,15,17H,6-7,10-11,14H2,1H3. The van der Waals surface area contributed by atoms with Crippen LogP contribution >= 0.6 is 0 Å². The zero-order chi connectivity index (χ0) is 21.2. The van der Waals surface area contributed by atoms with Crippen LogP contribution in [0.15, 0.2) is 55.2 Å². The summed E-state index contributed by atoms with van der Waals surface area (Å²) in [7, 11) is 0. The molecule has 156 valence electrons. The highest BCUT2D eigenvalue weighted by atomic mass is 16.2. The van der Waals surface area contributed by atoms with E-state index in [1.165, 1.54) is 0 Å². The van der Waals surface area contributed by atoms with E-state index < -0.39 is 0 Å². The van der Waals surface area contributed by atoms with E-state index in [4.69, 9.17) is 0 Å². The van der Waals surface area contributed by atoms with Gasteiger partial charge in [0.05, 0.1) is 24.1 Å². The van der Waals surface area contributed by atoms with Gasteiger partial charge in [0, 0.05) is 43.3 Å². The number of aromatic nitrogens is 6. The molecule has 1 fully saturated rings. The van der Waals surface area contributed by atoms with Crippen LogP contribution in [0, 0.1) is 6.92 Å². The van der Waals surface area contributed by atoms with Crippen molar-refractivity contribution < 1.29 is 4.79 Å². The summed E-state index contributed by atoms with van der Waals surface area (Å²) in [4.78, 5) is 37.0. The Hall–Kier alpha value is -3.68. The molecular weight excluding hydrogens is 390 g/mol. The number of pyridine rings is 2. The van der Waals surface area contributed by atoms with Gasteiger partial charge >= 0.3 is 0 Å². The van der Waals surface area contributed by atoms with Gasteiger partial charge in [-0.25, -0.2) is 19.9 Å². The second-order valence-corrected chi connectivity index (χ2v) is 7.86. The third-order valence-corrected chi connectivity index (χ3v) is 5.76. The van der Waals surface area contributed by atoms with E-state index in [2.05, 4.69) is 24.9 Å². The number of carbonyl (C=O) groups excluding carboxylic acids is 1. The maximum absolute atomic E-state index is 13.1. The number of imidazole rings is 1. The summed E-state index contributed by atoms with van der Waals surface area (Å²) in [5.41, 5.74) is 4.05. The molecule has 1 aliphatic heterocycles. The van der Waals surface area contributed by atoms with Crippen LogP contribution in [0.4, 0.5) is 0 Å². The van der Waals surface area contributed by atoms with Crippen molar-refractivity contribution in [2.24, 2.45) is 0 Å². The van der Waals surface area contributed by atoms with E-state index in [0.717, 1.165) is 35.7 Å². The smallest absolute Gasteiger partial charge is 0.255 e. The van der Waals surface area contributed by atoms with E-state index in [9.17, 15) is 4.79 Å². The van der Waals surface area contributed by atoms with Gasteiger partial charge in [0.25, 0.3) is 5.91 Å². The fourth-order valence-corrected chi connectivity index (χ4v) is 4.11. The first-order valence-electron chi connectivity index (χ1n) is 10.5. The van der Waals surface area contributed by atoms with Gasteiger partial charge in [0.15, 0.2) is 5.65 Å². The normalized spacial score (nSPS) is 14.8. The Bertz CT molecular complexity index is 1210. The minimum Gasteiger partial charge on any atom is -0.339 e. The molecule has 0 unspecified atom stereocenters. The van der Waals surface area contributed by atoms with Crippen molar-refractivity contribution in [3.8, 4) is 0 Å². The molecule has 5 rings (SSSR count). The second-order valence-electron chi connectivity index (χ2n) is 7.86. The summed E-state index contributed by atoms with van der Waals surface area (Å²) >= 11 is 0. The number of hydrogen-bond acceptors (Lipinski definition) is 6. The first kappa shape index (κ1) is 19.3. The quantitative estimate of drug-likeness (QED) is 0.511. The molecule has 4 aromatic rings. The Labute approximate surface area is 180 Å². The van der Waals surface area contributed by atoms with Gasteiger partial charge in [-0.05, 0) is 44.0 Å². The van der Waals surface area contributed by atoms with Crippen LogP contribution in [0.1, 0.15) is 46.3 Å². The van der Waals surface area contributed by atoms with Gasteiger partial charge in [0.2, 0.25) is 0 Å². The molecule has 0 saturated carbocycles. The van der Waals surface area contributed by atoms with E-state index in [1.54, 1.807) is 18.7 Å². The Balaban J connectivity index is 1.28. The molecule has 0 aromatic carbocycles. The highest BCUT2D eigenvalue weighted by Crippen LogP contribution is 2.27. The first-order chi connectivity index (χ1) is 15.2. The van der Waals surface area contributed by atoms with Crippen LogP contribution in [0.2, 0.25) is 0 Å². The number of amides is 1. The molecule has 0 N–H and O–H groups in total. The number of piperidine rings is 1. The minimum absolute atomic E-state index is 0.00555. The molecule has 31 heavy (non-hydrogen) atoms. The minimum atomic E-state index is 0.00555. The molecular formula is C23H23N7O. The molecule has 0 bridgehead atoms. The van der Waals surface area contributed by atoms with Crippen molar-refractivity contribution in [2.45, 2.75) is 32.2 Å².